The number of alkyl halides is 3. The van der Waals surface area contributed by atoms with Gasteiger partial charge in [0, 0.05) is 104 Å². The molecule has 19 heteroatoms. The summed E-state index contributed by atoms with van der Waals surface area (Å²) in [6, 6.07) is 18.4. The summed E-state index contributed by atoms with van der Waals surface area (Å²) in [4.78, 5) is 66.4. The van der Waals surface area contributed by atoms with Crippen LogP contribution in [0.3, 0.4) is 0 Å². The van der Waals surface area contributed by atoms with E-state index >= 15 is 0 Å². The van der Waals surface area contributed by atoms with E-state index in [9.17, 15) is 40.8 Å². The number of carbonyl (C=O) groups excluding carboxylic acids is 4. The molecule has 0 radical (unpaired) electrons. The van der Waals surface area contributed by atoms with Crippen LogP contribution in [0.15, 0.2) is 79.1 Å². The summed E-state index contributed by atoms with van der Waals surface area (Å²) in [5, 5.41) is 6.30. The third-order valence-electron chi connectivity index (χ3n) is 12.4. The lowest BCUT2D eigenvalue weighted by Gasteiger charge is -2.36. The molecule has 2 saturated heterocycles. The van der Waals surface area contributed by atoms with Gasteiger partial charge in [-0.3, -0.25) is 29.0 Å². The number of aromatic nitrogens is 3. The molecule has 0 aliphatic carbocycles. The number of unbranched alkanes of at least 4 members (excludes halogenated alkanes) is 3. The summed E-state index contributed by atoms with van der Waals surface area (Å²) < 4.78 is 69.6. The third-order valence-corrected chi connectivity index (χ3v) is 14.1. The fourth-order valence-electron chi connectivity index (χ4n) is 8.77. The molecular weight excluding hydrogens is 864 g/mol. The molecule has 15 nitrogen and oxygen atoms in total. The number of nitrogens with one attached hydrogen (secondary N) is 2. The topological polar surface area (TPSA) is 170 Å². The highest BCUT2D eigenvalue weighted by Crippen LogP contribution is 2.40. The molecule has 0 bridgehead atoms. The van der Waals surface area contributed by atoms with Crippen LogP contribution < -0.4 is 15.5 Å². The largest absolute Gasteiger partial charge is 0.419 e. The Morgan fingerprint density at radius 3 is 2.37 bits per heavy atom. The van der Waals surface area contributed by atoms with Crippen molar-refractivity contribution in [2.45, 2.75) is 70.6 Å². The monoisotopic (exact) mass is 913 g/mol. The fourth-order valence-corrected chi connectivity index (χ4v) is 9.78. The van der Waals surface area contributed by atoms with Crippen molar-refractivity contribution < 1.29 is 40.8 Å². The van der Waals surface area contributed by atoms with Gasteiger partial charge in [0.1, 0.15) is 11.6 Å². The summed E-state index contributed by atoms with van der Waals surface area (Å²) in [7, 11) is -2.39. The summed E-state index contributed by atoms with van der Waals surface area (Å²) >= 11 is 0. The van der Waals surface area contributed by atoms with Crippen LogP contribution in [0.5, 0.6) is 0 Å². The number of benzene rings is 3. The second-order valence-electron chi connectivity index (χ2n) is 16.5. The van der Waals surface area contributed by atoms with Gasteiger partial charge in [0.15, 0.2) is 0 Å². The highest BCUT2D eigenvalue weighted by molar-refractivity contribution is 7.90. The number of anilines is 4. The molecule has 342 valence electrons. The first-order valence-corrected chi connectivity index (χ1v) is 23.4. The van der Waals surface area contributed by atoms with E-state index < -0.39 is 39.4 Å². The number of rotatable bonds is 15. The van der Waals surface area contributed by atoms with E-state index in [1.807, 2.05) is 24.3 Å². The highest BCUT2D eigenvalue weighted by atomic mass is 32.2. The number of para-hydroxylation sites is 1. The predicted molar refractivity (Wildman–Crippen MR) is 240 cm³/mol. The molecule has 4 amide bonds. The van der Waals surface area contributed by atoms with Crippen molar-refractivity contribution >= 4 is 67.6 Å². The number of carbonyl (C=O) groups is 4. The van der Waals surface area contributed by atoms with Crippen LogP contribution >= 0.6 is 0 Å². The molecular formula is C46H50F3N9O6S. The molecule has 8 rings (SSSR count). The second-order valence-corrected chi connectivity index (χ2v) is 18.7. The zero-order chi connectivity index (χ0) is 46.0. The van der Waals surface area contributed by atoms with Crippen molar-refractivity contribution in [1.29, 1.82) is 0 Å². The van der Waals surface area contributed by atoms with E-state index in [4.69, 9.17) is 0 Å². The maximum absolute atomic E-state index is 14.3. The molecule has 1 atom stereocenters. The van der Waals surface area contributed by atoms with Crippen LogP contribution in [0.25, 0.3) is 22.2 Å². The van der Waals surface area contributed by atoms with Crippen LogP contribution in [-0.4, -0.2) is 112 Å². The molecule has 3 aromatic carbocycles. The Morgan fingerprint density at radius 1 is 0.892 bits per heavy atom. The first kappa shape index (κ1) is 45.2. The molecule has 3 aliphatic rings. The molecule has 5 heterocycles. The lowest BCUT2D eigenvalue weighted by molar-refractivity contribution is -0.150. The molecule has 2 fully saturated rings. The van der Waals surface area contributed by atoms with Crippen molar-refractivity contribution in [3.8, 4) is 11.3 Å². The lowest BCUT2D eigenvalue weighted by atomic mass is 10.0. The molecule has 2 N–H and O–H groups in total. The first-order valence-electron chi connectivity index (χ1n) is 21.8. The number of likely N-dealkylation sites (N-methyl/N-ethyl adjacent to an activating group) is 1. The van der Waals surface area contributed by atoms with Gasteiger partial charge in [-0.1, -0.05) is 37.1 Å². The number of fused-ring (bicyclic) bond motifs is 2. The van der Waals surface area contributed by atoms with Gasteiger partial charge in [0.25, 0.3) is 11.8 Å². The van der Waals surface area contributed by atoms with Crippen LogP contribution in [0.4, 0.5) is 36.2 Å². The van der Waals surface area contributed by atoms with Crippen LogP contribution in [-0.2, 0) is 37.1 Å². The van der Waals surface area contributed by atoms with Crippen molar-refractivity contribution in [3.05, 3.63) is 95.8 Å². The Morgan fingerprint density at radius 2 is 1.63 bits per heavy atom. The summed E-state index contributed by atoms with van der Waals surface area (Å²) in [6.45, 7) is 6.01. The van der Waals surface area contributed by atoms with Gasteiger partial charge in [-0.15, -0.1) is 0 Å². The quantitative estimate of drug-likeness (QED) is 0.0830. The minimum absolute atomic E-state index is 0.0253. The fraction of sp³-hybridized carbons (Fsp3) is 0.391. The summed E-state index contributed by atoms with van der Waals surface area (Å²) in [5.74, 6) is -1.36. The number of nitrogens with zero attached hydrogens (tertiary/aromatic N) is 7. The van der Waals surface area contributed by atoms with Gasteiger partial charge in [-0.2, -0.15) is 13.2 Å². The van der Waals surface area contributed by atoms with E-state index in [-0.39, 0.29) is 59.9 Å². The number of piperidine rings is 1. The van der Waals surface area contributed by atoms with Crippen LogP contribution in [0.2, 0.25) is 0 Å². The van der Waals surface area contributed by atoms with Gasteiger partial charge in [0.2, 0.25) is 27.8 Å². The molecule has 5 aromatic rings. The number of imide groups is 1. The Balaban J connectivity index is 0.782. The van der Waals surface area contributed by atoms with Crippen molar-refractivity contribution in [1.82, 2.24) is 28.6 Å². The third kappa shape index (κ3) is 9.56. The Hall–Kier alpha value is -6.34. The molecule has 0 spiro atoms. The van der Waals surface area contributed by atoms with Gasteiger partial charge >= 0.3 is 6.18 Å². The minimum Gasteiger partial charge on any atom is -0.369 e. The average Bonchev–Trinajstić information content (AvgIpc) is 3.86. The predicted octanol–water partition coefficient (Wildman–Crippen LogP) is 6.87. The van der Waals surface area contributed by atoms with Gasteiger partial charge < -0.3 is 20.4 Å². The van der Waals surface area contributed by atoms with E-state index in [1.54, 1.807) is 42.5 Å². The number of likely N-dealkylation sites (tertiary alicyclic amines) is 1. The van der Waals surface area contributed by atoms with E-state index in [2.05, 4.69) is 30.4 Å². The first-order chi connectivity index (χ1) is 31.1. The van der Waals surface area contributed by atoms with Crippen molar-refractivity contribution in [3.63, 3.8) is 0 Å². The maximum atomic E-state index is 14.3. The Bertz CT molecular complexity index is 2740. The molecule has 0 saturated carbocycles. The molecule has 3 aliphatic heterocycles. The number of amides is 4. The minimum atomic E-state index is -4.79. The smallest absolute Gasteiger partial charge is 0.369 e. The maximum Gasteiger partial charge on any atom is 0.419 e. The average molecular weight is 914 g/mol. The van der Waals surface area contributed by atoms with Crippen LogP contribution in [0, 0.1) is 0 Å². The van der Waals surface area contributed by atoms with E-state index in [1.165, 1.54) is 25.1 Å². The lowest BCUT2D eigenvalue weighted by Crippen LogP contribution is -2.53. The number of hydrogen-bond acceptors (Lipinski definition) is 11. The standard InChI is InChI=1S/C46H50F3N9O6S/c1-3-65(63,64)58-29-35(32-11-7-8-14-38(32)58)42-36(46(47,48)49)27-50-45(53-42)51-30-16-18-31(19-17-30)56-25-23-55(24-26-56)22-9-5-4-6-15-40(59)52-37-13-10-12-33-34(37)28-57(43(33)61)39-20-21-41(60)54(2)44(39)62/h7-8,10-14,16-19,27,29,39H,3-6,9,15,20-26,28H2,1-2H3,(H,52,59)(H,50,51,53). The zero-order valence-electron chi connectivity index (χ0n) is 36.1. The Kier molecular flexibility index (Phi) is 13.0. The van der Waals surface area contributed by atoms with E-state index in [0.717, 1.165) is 73.0 Å². The van der Waals surface area contributed by atoms with E-state index in [0.29, 0.717) is 40.5 Å². The highest BCUT2D eigenvalue weighted by Gasteiger charge is 2.42. The zero-order valence-corrected chi connectivity index (χ0v) is 36.9. The SMILES string of the molecule is CCS(=O)(=O)n1cc(-c2nc(Nc3ccc(N4CCN(CCCCCCC(=O)Nc5cccc6c5CN(C5CCC(=O)N(C)C5=O)C6=O)CC4)cc3)ncc2C(F)(F)F)c2ccccc21. The van der Waals surface area contributed by atoms with Crippen molar-refractivity contribution in [2.75, 3.05) is 61.1 Å². The molecule has 2 aromatic heterocycles. The molecule has 1 unspecified atom stereocenters. The van der Waals surface area contributed by atoms with Gasteiger partial charge in [0.05, 0.1) is 17.0 Å². The van der Waals surface area contributed by atoms with Crippen molar-refractivity contribution in [2.24, 2.45) is 0 Å². The number of hydrogen-bond donors (Lipinski definition) is 2. The van der Waals surface area contributed by atoms with Crippen LogP contribution in [0.1, 0.15) is 73.4 Å². The summed E-state index contributed by atoms with van der Waals surface area (Å²) in [6.07, 6.45) is 1.54. The normalized spacial score (nSPS) is 17.3. The number of piperazine rings is 1. The van der Waals surface area contributed by atoms with Gasteiger partial charge in [-0.05, 0) is 75.2 Å². The van der Waals surface area contributed by atoms with Gasteiger partial charge in [-0.25, -0.2) is 22.4 Å². The second kappa shape index (κ2) is 18.6. The summed E-state index contributed by atoms with van der Waals surface area (Å²) in [5.41, 5.74) is 2.05. The molecule has 65 heavy (non-hydrogen) atoms. The Labute approximate surface area is 374 Å². The number of halogens is 3.